The van der Waals surface area contributed by atoms with E-state index < -0.39 is 0 Å². The van der Waals surface area contributed by atoms with E-state index in [0.29, 0.717) is 12.0 Å². The lowest BCUT2D eigenvalue weighted by atomic mass is 9.99. The number of ether oxygens (including phenoxy) is 1. The highest BCUT2D eigenvalue weighted by Crippen LogP contribution is 2.31. The van der Waals surface area contributed by atoms with E-state index in [2.05, 4.69) is 55.7 Å². The summed E-state index contributed by atoms with van der Waals surface area (Å²) in [6.45, 7) is 6.71. The summed E-state index contributed by atoms with van der Waals surface area (Å²) in [5, 5.41) is 5.88. The fourth-order valence-corrected chi connectivity index (χ4v) is 3.41. The summed E-state index contributed by atoms with van der Waals surface area (Å²) in [6, 6.07) is 13.2. The Balaban J connectivity index is 2.18. The zero-order valence-corrected chi connectivity index (χ0v) is 13.4. The molecular weight excluding hydrogens is 266 g/mol. The van der Waals surface area contributed by atoms with E-state index in [1.165, 1.54) is 10.4 Å². The number of rotatable bonds is 6. The number of methoxy groups -OCH3 is 1. The minimum absolute atomic E-state index is 0.251. The molecule has 0 fully saturated rings. The molecule has 2 aromatic rings. The minimum atomic E-state index is 0.251. The summed E-state index contributed by atoms with van der Waals surface area (Å²) in [6.07, 6.45) is 0. The molecule has 2 rings (SSSR count). The van der Waals surface area contributed by atoms with Crippen LogP contribution < -0.4 is 10.1 Å². The molecule has 0 spiro atoms. The van der Waals surface area contributed by atoms with Crippen LogP contribution in [0.15, 0.2) is 41.8 Å². The van der Waals surface area contributed by atoms with Gasteiger partial charge in [-0.15, -0.1) is 11.3 Å². The lowest BCUT2D eigenvalue weighted by molar-refractivity contribution is 0.363. The summed E-state index contributed by atoms with van der Waals surface area (Å²) in [5.74, 6) is 1.49. The van der Waals surface area contributed by atoms with E-state index in [-0.39, 0.29) is 6.04 Å². The SMILES string of the molecule is COc1ccccc1C(C)NC(c1cccs1)C(C)C. The van der Waals surface area contributed by atoms with Gasteiger partial charge in [0.2, 0.25) is 0 Å². The van der Waals surface area contributed by atoms with Gasteiger partial charge in [0.15, 0.2) is 0 Å². The Hall–Kier alpha value is -1.32. The molecule has 0 aliphatic heterocycles. The molecule has 0 amide bonds. The van der Waals surface area contributed by atoms with Crippen LogP contribution in [0.5, 0.6) is 5.75 Å². The fourth-order valence-electron chi connectivity index (χ4n) is 2.45. The second-order valence-corrected chi connectivity index (χ2v) is 6.35. The van der Waals surface area contributed by atoms with Crippen LogP contribution in [0.1, 0.15) is 43.3 Å². The van der Waals surface area contributed by atoms with E-state index >= 15 is 0 Å². The van der Waals surface area contributed by atoms with Crippen molar-refractivity contribution < 1.29 is 4.74 Å². The van der Waals surface area contributed by atoms with Gasteiger partial charge < -0.3 is 10.1 Å². The molecule has 2 unspecified atom stereocenters. The van der Waals surface area contributed by atoms with Crippen molar-refractivity contribution in [2.75, 3.05) is 7.11 Å². The lowest BCUT2D eigenvalue weighted by Gasteiger charge is -2.26. The highest BCUT2D eigenvalue weighted by Gasteiger charge is 2.20. The van der Waals surface area contributed by atoms with Gasteiger partial charge in [-0.05, 0) is 30.4 Å². The summed E-state index contributed by atoms with van der Waals surface area (Å²) in [4.78, 5) is 1.39. The van der Waals surface area contributed by atoms with Gasteiger partial charge >= 0.3 is 0 Å². The van der Waals surface area contributed by atoms with Gasteiger partial charge in [0.1, 0.15) is 5.75 Å². The first-order valence-corrected chi connectivity index (χ1v) is 7.93. The Morgan fingerprint density at radius 1 is 1.05 bits per heavy atom. The highest BCUT2D eigenvalue weighted by atomic mass is 32.1. The average Bonchev–Trinajstić information content (AvgIpc) is 2.97. The van der Waals surface area contributed by atoms with Gasteiger partial charge in [-0.3, -0.25) is 0 Å². The average molecular weight is 289 g/mol. The van der Waals surface area contributed by atoms with Crippen molar-refractivity contribution in [3.05, 3.63) is 52.2 Å². The summed E-state index contributed by atoms with van der Waals surface area (Å²) in [5.41, 5.74) is 1.21. The van der Waals surface area contributed by atoms with E-state index in [0.717, 1.165) is 5.75 Å². The van der Waals surface area contributed by atoms with Crippen LogP contribution in [0.25, 0.3) is 0 Å². The van der Waals surface area contributed by atoms with E-state index in [9.17, 15) is 0 Å². The van der Waals surface area contributed by atoms with Crippen molar-refractivity contribution in [3.63, 3.8) is 0 Å². The van der Waals surface area contributed by atoms with Crippen molar-refractivity contribution in [3.8, 4) is 5.75 Å². The molecule has 1 N–H and O–H groups in total. The zero-order chi connectivity index (χ0) is 14.5. The first-order valence-electron chi connectivity index (χ1n) is 7.05. The summed E-state index contributed by atoms with van der Waals surface area (Å²) in [7, 11) is 1.73. The maximum atomic E-state index is 5.46. The molecule has 0 radical (unpaired) electrons. The Morgan fingerprint density at radius 2 is 1.80 bits per heavy atom. The Kier molecular flexibility index (Phi) is 5.21. The summed E-state index contributed by atoms with van der Waals surface area (Å²) >= 11 is 1.81. The van der Waals surface area contributed by atoms with Gasteiger partial charge in [0.25, 0.3) is 0 Å². The number of hydrogen-bond donors (Lipinski definition) is 1. The maximum absolute atomic E-state index is 5.46. The van der Waals surface area contributed by atoms with Crippen molar-refractivity contribution in [2.24, 2.45) is 5.92 Å². The first-order chi connectivity index (χ1) is 9.63. The van der Waals surface area contributed by atoms with Gasteiger partial charge in [-0.25, -0.2) is 0 Å². The predicted octanol–water partition coefficient (Wildman–Crippen LogP) is 4.80. The zero-order valence-electron chi connectivity index (χ0n) is 12.6. The fraction of sp³-hybridized carbons (Fsp3) is 0.412. The van der Waals surface area contributed by atoms with Crippen LogP contribution >= 0.6 is 11.3 Å². The molecule has 1 aromatic heterocycles. The molecule has 0 aliphatic carbocycles. The smallest absolute Gasteiger partial charge is 0.123 e. The normalized spacial score (nSPS) is 14.2. The minimum Gasteiger partial charge on any atom is -0.496 e. The van der Waals surface area contributed by atoms with Crippen molar-refractivity contribution in [2.45, 2.75) is 32.9 Å². The van der Waals surface area contributed by atoms with Crippen molar-refractivity contribution in [1.29, 1.82) is 0 Å². The maximum Gasteiger partial charge on any atom is 0.123 e. The molecule has 0 bridgehead atoms. The van der Waals surface area contributed by atoms with Gasteiger partial charge in [0.05, 0.1) is 7.11 Å². The third-order valence-corrected chi connectivity index (χ3v) is 4.51. The number of nitrogens with one attached hydrogen (secondary N) is 1. The molecular formula is C17H23NOS. The van der Waals surface area contributed by atoms with Gasteiger partial charge in [-0.1, -0.05) is 38.1 Å². The molecule has 2 nitrogen and oxygen atoms in total. The Bertz CT molecular complexity index is 522. The van der Waals surface area contributed by atoms with Crippen LogP contribution in [0, 0.1) is 5.92 Å². The number of hydrogen-bond acceptors (Lipinski definition) is 3. The Labute approximate surface area is 125 Å². The van der Waals surface area contributed by atoms with Crippen LogP contribution in [-0.2, 0) is 0 Å². The van der Waals surface area contributed by atoms with Crippen LogP contribution in [0.2, 0.25) is 0 Å². The van der Waals surface area contributed by atoms with Gasteiger partial charge in [-0.2, -0.15) is 0 Å². The number of para-hydroxylation sites is 1. The van der Waals surface area contributed by atoms with Gasteiger partial charge in [0, 0.05) is 22.5 Å². The first kappa shape index (κ1) is 15.1. The van der Waals surface area contributed by atoms with Crippen LogP contribution in [0.3, 0.4) is 0 Å². The number of thiophene rings is 1. The molecule has 2 atom stereocenters. The molecule has 0 saturated carbocycles. The standard InChI is InChI=1S/C17H23NOS/c1-12(2)17(16-10-7-11-20-16)18-13(3)14-8-5-6-9-15(14)19-4/h5-13,17-18H,1-4H3. The quantitative estimate of drug-likeness (QED) is 0.824. The topological polar surface area (TPSA) is 21.3 Å². The van der Waals surface area contributed by atoms with E-state index in [4.69, 9.17) is 4.74 Å². The van der Waals surface area contributed by atoms with Crippen molar-refractivity contribution in [1.82, 2.24) is 5.32 Å². The second kappa shape index (κ2) is 6.91. The molecule has 20 heavy (non-hydrogen) atoms. The third-order valence-electron chi connectivity index (χ3n) is 3.55. The monoisotopic (exact) mass is 289 g/mol. The molecule has 0 aliphatic rings. The lowest BCUT2D eigenvalue weighted by Crippen LogP contribution is -2.28. The molecule has 3 heteroatoms. The molecule has 1 aromatic carbocycles. The van der Waals surface area contributed by atoms with E-state index in [1.54, 1.807) is 7.11 Å². The molecule has 0 saturated heterocycles. The molecule has 1 heterocycles. The van der Waals surface area contributed by atoms with Crippen LogP contribution in [0.4, 0.5) is 0 Å². The second-order valence-electron chi connectivity index (χ2n) is 5.37. The third kappa shape index (κ3) is 3.41. The number of benzene rings is 1. The Morgan fingerprint density at radius 3 is 2.40 bits per heavy atom. The van der Waals surface area contributed by atoms with Crippen LogP contribution in [-0.4, -0.2) is 7.11 Å². The predicted molar refractivity (Wildman–Crippen MR) is 86.4 cm³/mol. The van der Waals surface area contributed by atoms with E-state index in [1.807, 2.05) is 23.5 Å². The summed E-state index contributed by atoms with van der Waals surface area (Å²) < 4.78 is 5.46. The highest BCUT2D eigenvalue weighted by molar-refractivity contribution is 7.10. The molecule has 108 valence electrons. The largest absolute Gasteiger partial charge is 0.496 e. The van der Waals surface area contributed by atoms with Crippen molar-refractivity contribution >= 4 is 11.3 Å².